The van der Waals surface area contributed by atoms with Gasteiger partial charge in [-0.3, -0.25) is 0 Å². The molecule has 7 heteroatoms. The fraction of sp³-hybridized carbons (Fsp3) is 0.417. The Kier molecular flexibility index (Phi) is 6.14. The van der Waals surface area contributed by atoms with Gasteiger partial charge in [0.25, 0.3) is 0 Å². The van der Waals surface area contributed by atoms with Gasteiger partial charge in [-0.2, -0.15) is 11.8 Å². The van der Waals surface area contributed by atoms with E-state index in [1.54, 1.807) is 11.8 Å². The molecule has 3 N–H and O–H groups in total. The van der Waals surface area contributed by atoms with Crippen LogP contribution in [-0.2, 0) is 0 Å². The summed E-state index contributed by atoms with van der Waals surface area (Å²) in [5.41, 5.74) is 0.402. The van der Waals surface area contributed by atoms with Gasteiger partial charge in [-0.05, 0) is 37.5 Å². The van der Waals surface area contributed by atoms with Crippen molar-refractivity contribution in [1.82, 2.24) is 10.3 Å². The summed E-state index contributed by atoms with van der Waals surface area (Å²) in [6.45, 7) is 1.93. The number of amides is 2. The van der Waals surface area contributed by atoms with Crippen LogP contribution in [0, 0.1) is 0 Å². The van der Waals surface area contributed by atoms with Crippen LogP contribution in [0.3, 0.4) is 0 Å². The van der Waals surface area contributed by atoms with E-state index >= 15 is 0 Å². The third-order valence-corrected chi connectivity index (χ3v) is 3.02. The molecule has 104 valence electrons. The molecule has 0 aliphatic rings. The molecule has 0 spiro atoms. The molecule has 0 aliphatic heterocycles. The van der Waals surface area contributed by atoms with E-state index in [2.05, 4.69) is 15.6 Å². The normalized spacial score (nSPS) is 11.7. The van der Waals surface area contributed by atoms with Crippen molar-refractivity contribution in [2.24, 2.45) is 0 Å². The van der Waals surface area contributed by atoms with Crippen molar-refractivity contribution in [2.75, 3.05) is 17.3 Å². The van der Waals surface area contributed by atoms with E-state index in [1.807, 2.05) is 13.2 Å². The first-order valence-electron chi connectivity index (χ1n) is 5.78. The first kappa shape index (κ1) is 15.3. The lowest BCUT2D eigenvalue weighted by Crippen LogP contribution is -2.36. The monoisotopic (exact) mass is 283 g/mol. The predicted molar refractivity (Wildman–Crippen MR) is 75.8 cm³/mol. The summed E-state index contributed by atoms with van der Waals surface area (Å²) < 4.78 is 0. The third-order valence-electron chi connectivity index (χ3n) is 2.37. The van der Waals surface area contributed by atoms with E-state index in [0.717, 1.165) is 12.2 Å². The molecule has 0 aromatic carbocycles. The van der Waals surface area contributed by atoms with Gasteiger partial charge in [0.1, 0.15) is 5.69 Å². The highest BCUT2D eigenvalue weighted by Crippen LogP contribution is 2.06. The zero-order valence-corrected chi connectivity index (χ0v) is 11.7. The molecule has 0 radical (unpaired) electrons. The Hall–Kier alpha value is -1.76. The quantitative estimate of drug-likeness (QED) is 0.743. The van der Waals surface area contributed by atoms with Crippen LogP contribution >= 0.6 is 11.8 Å². The van der Waals surface area contributed by atoms with E-state index in [9.17, 15) is 9.59 Å². The Morgan fingerprint density at radius 1 is 1.47 bits per heavy atom. The number of aromatic nitrogens is 1. The Morgan fingerprint density at radius 3 is 2.74 bits per heavy atom. The fourth-order valence-electron chi connectivity index (χ4n) is 1.35. The molecular formula is C12H17N3O3S. The average Bonchev–Trinajstić information content (AvgIpc) is 2.36. The van der Waals surface area contributed by atoms with Crippen molar-refractivity contribution in [1.29, 1.82) is 0 Å². The molecule has 0 aliphatic carbocycles. The van der Waals surface area contributed by atoms with Crippen LogP contribution in [-0.4, -0.2) is 40.1 Å². The van der Waals surface area contributed by atoms with Gasteiger partial charge in [-0.1, -0.05) is 0 Å². The van der Waals surface area contributed by atoms with E-state index in [-0.39, 0.29) is 17.8 Å². The van der Waals surface area contributed by atoms with Crippen LogP contribution < -0.4 is 10.6 Å². The van der Waals surface area contributed by atoms with Gasteiger partial charge in [-0.25, -0.2) is 14.6 Å². The van der Waals surface area contributed by atoms with E-state index in [1.165, 1.54) is 18.3 Å². The number of carboxylic acids is 1. The van der Waals surface area contributed by atoms with Crippen molar-refractivity contribution in [2.45, 2.75) is 19.4 Å². The standard InChI is InChI=1S/C12H17N3O3S/c1-8(5-6-19-2)14-12(18)15-9-3-4-10(11(16)17)13-7-9/h3-4,7-8H,5-6H2,1-2H3,(H,16,17)(H2,14,15,18). The first-order valence-corrected chi connectivity index (χ1v) is 7.18. The minimum atomic E-state index is -1.10. The van der Waals surface area contributed by atoms with Crippen molar-refractivity contribution < 1.29 is 14.7 Å². The zero-order chi connectivity index (χ0) is 14.3. The van der Waals surface area contributed by atoms with E-state index in [4.69, 9.17) is 5.11 Å². The highest BCUT2D eigenvalue weighted by Gasteiger charge is 2.08. The summed E-state index contributed by atoms with van der Waals surface area (Å²) in [6.07, 6.45) is 4.23. The lowest BCUT2D eigenvalue weighted by Gasteiger charge is -2.13. The van der Waals surface area contributed by atoms with Crippen LogP contribution in [0.25, 0.3) is 0 Å². The van der Waals surface area contributed by atoms with Gasteiger partial charge in [0.15, 0.2) is 0 Å². The number of carbonyl (C=O) groups excluding carboxylic acids is 1. The molecule has 6 nitrogen and oxygen atoms in total. The summed E-state index contributed by atoms with van der Waals surface area (Å²) in [5, 5.41) is 14.1. The fourth-order valence-corrected chi connectivity index (χ4v) is 1.94. The highest BCUT2D eigenvalue weighted by atomic mass is 32.2. The number of nitrogens with one attached hydrogen (secondary N) is 2. The number of carboxylic acid groups (broad SMARTS) is 1. The van der Waals surface area contributed by atoms with E-state index in [0.29, 0.717) is 5.69 Å². The molecule has 1 aromatic heterocycles. The number of nitrogens with zero attached hydrogens (tertiary/aromatic N) is 1. The molecule has 2 amide bonds. The molecule has 0 saturated carbocycles. The molecule has 1 rings (SSSR count). The van der Waals surface area contributed by atoms with Crippen molar-refractivity contribution in [3.63, 3.8) is 0 Å². The summed E-state index contributed by atoms with van der Waals surface area (Å²) in [7, 11) is 0. The van der Waals surface area contributed by atoms with Crippen LogP contribution in [0.2, 0.25) is 0 Å². The van der Waals surface area contributed by atoms with Gasteiger partial charge in [0.05, 0.1) is 11.9 Å². The van der Waals surface area contributed by atoms with Gasteiger partial charge in [0.2, 0.25) is 0 Å². The molecule has 0 saturated heterocycles. The molecule has 19 heavy (non-hydrogen) atoms. The largest absolute Gasteiger partial charge is 0.477 e. The number of anilines is 1. The number of thioether (sulfide) groups is 1. The number of hydrogen-bond donors (Lipinski definition) is 3. The van der Waals surface area contributed by atoms with Crippen molar-refractivity contribution in [3.8, 4) is 0 Å². The number of hydrogen-bond acceptors (Lipinski definition) is 4. The lowest BCUT2D eigenvalue weighted by molar-refractivity contribution is 0.0690. The molecule has 1 atom stereocenters. The maximum absolute atomic E-state index is 11.6. The third kappa shape index (κ3) is 5.60. The van der Waals surface area contributed by atoms with Crippen molar-refractivity contribution >= 4 is 29.4 Å². The second kappa shape index (κ2) is 7.63. The van der Waals surface area contributed by atoms with E-state index < -0.39 is 5.97 Å². The maximum atomic E-state index is 11.6. The predicted octanol–water partition coefficient (Wildman–Crippen LogP) is 2.04. The topological polar surface area (TPSA) is 91.3 Å². The summed E-state index contributed by atoms with van der Waals surface area (Å²) in [4.78, 5) is 26.0. The van der Waals surface area contributed by atoms with Gasteiger partial charge >= 0.3 is 12.0 Å². The van der Waals surface area contributed by atoms with Gasteiger partial charge in [-0.15, -0.1) is 0 Å². The molecule has 0 fully saturated rings. The number of carbonyl (C=O) groups is 2. The SMILES string of the molecule is CSCCC(C)NC(=O)Nc1ccc(C(=O)O)nc1. The maximum Gasteiger partial charge on any atom is 0.354 e. The molecule has 1 heterocycles. The van der Waals surface area contributed by atoms with Crippen LogP contribution in [0.4, 0.5) is 10.5 Å². The molecule has 1 unspecified atom stereocenters. The summed E-state index contributed by atoms with van der Waals surface area (Å²) >= 11 is 1.73. The molecular weight excluding hydrogens is 266 g/mol. The average molecular weight is 283 g/mol. The first-order chi connectivity index (χ1) is 9.02. The Labute approximate surface area is 116 Å². The number of pyridine rings is 1. The summed E-state index contributed by atoms with van der Waals surface area (Å²) in [5.74, 6) is -0.113. The Bertz CT molecular complexity index is 436. The minimum Gasteiger partial charge on any atom is -0.477 e. The zero-order valence-electron chi connectivity index (χ0n) is 10.8. The highest BCUT2D eigenvalue weighted by molar-refractivity contribution is 7.98. The number of rotatable bonds is 6. The Morgan fingerprint density at radius 2 is 2.21 bits per heavy atom. The van der Waals surface area contributed by atoms with Crippen molar-refractivity contribution in [3.05, 3.63) is 24.0 Å². The molecule has 1 aromatic rings. The van der Waals surface area contributed by atoms with Crippen LogP contribution in [0.15, 0.2) is 18.3 Å². The lowest BCUT2D eigenvalue weighted by atomic mass is 10.3. The second-order valence-corrected chi connectivity index (χ2v) is 5.00. The van der Waals surface area contributed by atoms with Gasteiger partial charge < -0.3 is 15.7 Å². The van der Waals surface area contributed by atoms with Crippen LogP contribution in [0.5, 0.6) is 0 Å². The summed E-state index contributed by atoms with van der Waals surface area (Å²) in [6, 6.07) is 2.61. The van der Waals surface area contributed by atoms with Gasteiger partial charge in [0, 0.05) is 6.04 Å². The Balaban J connectivity index is 2.45. The number of aromatic carboxylic acids is 1. The number of urea groups is 1. The van der Waals surface area contributed by atoms with Crippen LogP contribution in [0.1, 0.15) is 23.8 Å². The second-order valence-electron chi connectivity index (χ2n) is 4.02. The minimum absolute atomic E-state index is 0.0562. The molecule has 0 bridgehead atoms. The smallest absolute Gasteiger partial charge is 0.354 e.